The predicted molar refractivity (Wildman–Crippen MR) is 101 cm³/mol. The molecule has 164 valence electrons. The standard InChI is InChI=1S/C20H26F2N4O4/c1-29-19-25-11-15(26(19)30-12-13-5-3-2-4-6-13)7-8-16(25)18(28)24-23-17(27)14-9-20(21,22)10-14/h2-6,14-16,19H,7-12H2,1H3,(H,23,27)(H,24,28). The van der Waals surface area contributed by atoms with E-state index in [1.165, 1.54) is 0 Å². The Hall–Kier alpha value is -2.14. The van der Waals surface area contributed by atoms with E-state index in [2.05, 4.69) is 10.9 Å². The molecule has 2 bridgehead atoms. The van der Waals surface area contributed by atoms with Crippen molar-refractivity contribution in [1.29, 1.82) is 0 Å². The summed E-state index contributed by atoms with van der Waals surface area (Å²) in [5.41, 5.74) is 5.70. The van der Waals surface area contributed by atoms with E-state index in [1.54, 1.807) is 12.2 Å². The molecule has 2 aliphatic heterocycles. The number of carbonyl (C=O) groups excluding carboxylic acids is 2. The molecule has 1 saturated carbocycles. The van der Waals surface area contributed by atoms with Crippen LogP contribution in [0.25, 0.3) is 0 Å². The minimum Gasteiger partial charge on any atom is -0.351 e. The van der Waals surface area contributed by atoms with Crippen molar-refractivity contribution in [2.45, 2.75) is 56.6 Å². The Morgan fingerprint density at radius 1 is 1.13 bits per heavy atom. The first-order valence-electron chi connectivity index (χ1n) is 10.1. The largest absolute Gasteiger partial charge is 0.351 e. The Morgan fingerprint density at radius 2 is 1.83 bits per heavy atom. The number of hydrogen-bond donors (Lipinski definition) is 2. The molecular weight excluding hydrogens is 398 g/mol. The molecule has 30 heavy (non-hydrogen) atoms. The number of fused-ring (bicyclic) bond motifs is 2. The topological polar surface area (TPSA) is 83.1 Å². The van der Waals surface area contributed by atoms with Gasteiger partial charge in [0.1, 0.15) is 0 Å². The van der Waals surface area contributed by atoms with Crippen molar-refractivity contribution in [3.63, 3.8) is 0 Å². The van der Waals surface area contributed by atoms with Crippen LogP contribution in [-0.2, 0) is 25.8 Å². The highest BCUT2D eigenvalue weighted by atomic mass is 19.3. The molecule has 4 atom stereocenters. The Labute approximate surface area is 173 Å². The molecule has 4 rings (SSSR count). The molecule has 10 heteroatoms. The van der Waals surface area contributed by atoms with E-state index in [9.17, 15) is 18.4 Å². The quantitative estimate of drug-likeness (QED) is 0.672. The van der Waals surface area contributed by atoms with Crippen molar-refractivity contribution in [3.05, 3.63) is 35.9 Å². The number of rotatable bonds is 6. The number of halogens is 2. The van der Waals surface area contributed by atoms with Crippen LogP contribution in [0.5, 0.6) is 0 Å². The van der Waals surface area contributed by atoms with Gasteiger partial charge in [-0.1, -0.05) is 30.3 Å². The molecular formula is C20H26F2N4O4. The number of ether oxygens (including phenoxy) is 1. The third kappa shape index (κ3) is 4.31. The van der Waals surface area contributed by atoms with Crippen LogP contribution in [-0.4, -0.2) is 59.8 Å². The second-order valence-electron chi connectivity index (χ2n) is 8.06. The van der Waals surface area contributed by atoms with E-state index in [1.807, 2.05) is 35.2 Å². The van der Waals surface area contributed by atoms with E-state index in [0.717, 1.165) is 12.0 Å². The summed E-state index contributed by atoms with van der Waals surface area (Å²) in [5, 5.41) is 1.79. The summed E-state index contributed by atoms with van der Waals surface area (Å²) >= 11 is 0. The summed E-state index contributed by atoms with van der Waals surface area (Å²) in [5.74, 6) is -4.52. The smallest absolute Gasteiger partial charge is 0.255 e. The fraction of sp³-hybridized carbons (Fsp3) is 0.600. The molecule has 0 spiro atoms. The lowest BCUT2D eigenvalue weighted by molar-refractivity contribution is -0.273. The van der Waals surface area contributed by atoms with Crippen molar-refractivity contribution in [1.82, 2.24) is 20.8 Å². The van der Waals surface area contributed by atoms with Gasteiger partial charge in [0.2, 0.25) is 11.8 Å². The number of carbonyl (C=O) groups is 2. The number of methoxy groups -OCH3 is 1. The maximum absolute atomic E-state index is 12.9. The zero-order valence-electron chi connectivity index (χ0n) is 16.7. The van der Waals surface area contributed by atoms with Gasteiger partial charge in [-0.3, -0.25) is 25.3 Å². The van der Waals surface area contributed by atoms with Gasteiger partial charge in [-0.25, -0.2) is 13.7 Å². The predicted octanol–water partition coefficient (Wildman–Crippen LogP) is 1.39. The molecule has 1 aliphatic carbocycles. The first-order valence-corrected chi connectivity index (χ1v) is 10.1. The van der Waals surface area contributed by atoms with E-state index in [-0.39, 0.29) is 11.9 Å². The number of alkyl halides is 2. The van der Waals surface area contributed by atoms with E-state index >= 15 is 0 Å². The molecule has 2 amide bonds. The number of piperidine rings is 1. The highest BCUT2D eigenvalue weighted by molar-refractivity contribution is 5.86. The van der Waals surface area contributed by atoms with Gasteiger partial charge in [0, 0.05) is 26.5 Å². The number of nitrogens with zero attached hydrogens (tertiary/aromatic N) is 2. The molecule has 8 nitrogen and oxygen atoms in total. The molecule has 1 aromatic rings. The Morgan fingerprint density at radius 3 is 2.50 bits per heavy atom. The first kappa shape index (κ1) is 21.1. The fourth-order valence-corrected chi connectivity index (χ4v) is 4.32. The van der Waals surface area contributed by atoms with Crippen molar-refractivity contribution in [3.8, 4) is 0 Å². The monoisotopic (exact) mass is 424 g/mol. The zero-order valence-corrected chi connectivity index (χ0v) is 16.7. The SMILES string of the molecule is COC1N2CC(CCC2C(=O)NNC(=O)C2CC(F)(F)C2)N1OCc1ccccc1. The lowest BCUT2D eigenvalue weighted by Crippen LogP contribution is -2.57. The molecule has 2 saturated heterocycles. The van der Waals surface area contributed by atoms with Crippen LogP contribution >= 0.6 is 0 Å². The minimum atomic E-state index is -2.78. The number of hydrazine groups is 1. The van der Waals surface area contributed by atoms with Gasteiger partial charge in [0.25, 0.3) is 5.91 Å². The molecule has 2 heterocycles. The van der Waals surface area contributed by atoms with Gasteiger partial charge in [0.05, 0.1) is 24.6 Å². The number of benzene rings is 1. The molecule has 3 fully saturated rings. The Bertz CT molecular complexity index is 773. The number of hydrogen-bond acceptors (Lipinski definition) is 6. The number of hydroxylamine groups is 2. The van der Waals surface area contributed by atoms with Crippen LogP contribution in [0.2, 0.25) is 0 Å². The zero-order chi connectivity index (χ0) is 21.3. The molecule has 1 aromatic carbocycles. The van der Waals surface area contributed by atoms with Gasteiger partial charge in [-0.15, -0.1) is 5.06 Å². The molecule has 3 aliphatic rings. The van der Waals surface area contributed by atoms with E-state index in [0.29, 0.717) is 19.6 Å². The molecule has 0 radical (unpaired) electrons. The highest BCUT2D eigenvalue weighted by Crippen LogP contribution is 2.42. The average Bonchev–Trinajstić information content (AvgIpc) is 2.99. The Kier molecular flexibility index (Phi) is 6.01. The van der Waals surface area contributed by atoms with Gasteiger partial charge in [0.15, 0.2) is 6.35 Å². The summed E-state index contributed by atoms with van der Waals surface area (Å²) in [6, 6.07) is 9.35. The summed E-state index contributed by atoms with van der Waals surface area (Å²) in [6.07, 6.45) is -0.195. The van der Waals surface area contributed by atoms with Crippen molar-refractivity contribution in [2.75, 3.05) is 13.7 Å². The van der Waals surface area contributed by atoms with Crippen LogP contribution in [0.3, 0.4) is 0 Å². The fourth-order valence-electron chi connectivity index (χ4n) is 4.32. The molecule has 4 unspecified atom stereocenters. The summed E-state index contributed by atoms with van der Waals surface area (Å²) in [7, 11) is 1.55. The lowest BCUT2D eigenvalue weighted by atomic mass is 9.81. The maximum atomic E-state index is 12.9. The highest BCUT2D eigenvalue weighted by Gasteiger charge is 2.51. The first-order chi connectivity index (χ1) is 14.4. The van der Waals surface area contributed by atoms with Crippen LogP contribution in [0.1, 0.15) is 31.2 Å². The minimum absolute atomic E-state index is 0.0921. The van der Waals surface area contributed by atoms with Gasteiger partial charge in [-0.05, 0) is 18.4 Å². The van der Waals surface area contributed by atoms with Gasteiger partial charge in [-0.2, -0.15) is 0 Å². The van der Waals surface area contributed by atoms with Crippen LogP contribution < -0.4 is 10.9 Å². The summed E-state index contributed by atoms with van der Waals surface area (Å²) < 4.78 is 31.4. The van der Waals surface area contributed by atoms with Crippen LogP contribution in [0, 0.1) is 5.92 Å². The van der Waals surface area contributed by atoms with Crippen molar-refractivity contribution >= 4 is 11.8 Å². The summed E-state index contributed by atoms with van der Waals surface area (Å²) in [6.45, 7) is 0.984. The van der Waals surface area contributed by atoms with Crippen LogP contribution in [0.15, 0.2) is 30.3 Å². The van der Waals surface area contributed by atoms with Crippen molar-refractivity contribution < 1.29 is 27.9 Å². The number of amides is 2. The summed E-state index contributed by atoms with van der Waals surface area (Å²) in [4.78, 5) is 32.5. The van der Waals surface area contributed by atoms with Crippen LogP contribution in [0.4, 0.5) is 8.78 Å². The average molecular weight is 424 g/mol. The number of nitrogens with one attached hydrogen (secondary N) is 2. The third-order valence-corrected chi connectivity index (χ3v) is 5.96. The van der Waals surface area contributed by atoms with Crippen molar-refractivity contribution in [2.24, 2.45) is 5.92 Å². The molecule has 0 aromatic heterocycles. The Balaban J connectivity index is 1.31. The normalized spacial score (nSPS) is 30.5. The van der Waals surface area contributed by atoms with Gasteiger partial charge >= 0.3 is 0 Å². The second-order valence-corrected chi connectivity index (χ2v) is 8.06. The lowest BCUT2D eigenvalue weighted by Gasteiger charge is -2.34. The van der Waals surface area contributed by atoms with E-state index in [4.69, 9.17) is 9.57 Å². The third-order valence-electron chi connectivity index (χ3n) is 5.96. The second kappa shape index (κ2) is 8.54. The molecule has 2 N–H and O–H groups in total. The van der Waals surface area contributed by atoms with E-state index < -0.39 is 43.0 Å². The maximum Gasteiger partial charge on any atom is 0.255 e. The van der Waals surface area contributed by atoms with Gasteiger partial charge < -0.3 is 4.74 Å².